The highest BCUT2D eigenvalue weighted by molar-refractivity contribution is 6.21. The lowest BCUT2D eigenvalue weighted by Gasteiger charge is -2.18. The quantitative estimate of drug-likeness (QED) is 0.179. The molecule has 10 rings (SSSR count). The third-order valence-corrected chi connectivity index (χ3v) is 9.55. The van der Waals surface area contributed by atoms with Gasteiger partial charge in [-0.3, -0.25) is 0 Å². The molecule has 0 atom stereocenters. The first-order valence-corrected chi connectivity index (χ1v) is 16.1. The molecule has 48 heavy (non-hydrogen) atoms. The molecule has 1 heterocycles. The van der Waals surface area contributed by atoms with Crippen molar-refractivity contribution in [3.05, 3.63) is 181 Å². The zero-order valence-electron chi connectivity index (χ0n) is 32.7. The molecule has 9 aromatic carbocycles. The fourth-order valence-corrected chi connectivity index (χ4v) is 7.42. The van der Waals surface area contributed by atoms with Crippen molar-refractivity contribution < 1.29 is 14.0 Å². The molecule has 0 spiro atoms. The van der Waals surface area contributed by atoms with Crippen molar-refractivity contribution in [3.8, 4) is 22.3 Å². The fourth-order valence-electron chi connectivity index (χ4n) is 7.42. The smallest absolute Gasteiger partial charge is 0.143 e. The third-order valence-electron chi connectivity index (χ3n) is 9.55. The summed E-state index contributed by atoms with van der Waals surface area (Å²) in [5.74, 6) is 0. The molecule has 0 saturated carbocycles. The molecule has 1 nitrogen and oxygen atoms in total. The minimum absolute atomic E-state index is 0.0314. The molecule has 1 aromatic heterocycles. The van der Waals surface area contributed by atoms with Crippen LogP contribution in [0.4, 0.5) is 0 Å². The number of rotatable bonds is 4. The average molecular weight is 618 g/mol. The molecule has 0 fully saturated rings. The first-order chi connectivity index (χ1) is 26.7. The van der Waals surface area contributed by atoms with Crippen molar-refractivity contribution in [2.45, 2.75) is 6.42 Å². The van der Waals surface area contributed by atoms with Gasteiger partial charge < -0.3 is 4.42 Å². The van der Waals surface area contributed by atoms with Gasteiger partial charge in [-0.15, -0.1) is 0 Å². The van der Waals surface area contributed by atoms with E-state index in [1.165, 1.54) is 0 Å². The van der Waals surface area contributed by atoms with E-state index in [1.54, 1.807) is 0 Å². The SMILES string of the molecule is [2H]c1c([2H])c([2H])c2c([2H])c(Cc3c4ccccc4c(-c4ccc5oc6c7ccccc7c(-c7ccccc7)cc6c5c4)c4ccccc34)c([2H])c([2H])c2c1[2H]. The Kier molecular flexibility index (Phi) is 4.64. The lowest BCUT2D eigenvalue weighted by Crippen LogP contribution is -1.95. The van der Waals surface area contributed by atoms with E-state index in [1.807, 2.05) is 54.6 Å². The van der Waals surface area contributed by atoms with Gasteiger partial charge in [-0.05, 0) is 95.7 Å². The second kappa shape index (κ2) is 10.7. The minimum atomic E-state index is -0.475. The summed E-state index contributed by atoms with van der Waals surface area (Å²) in [5.41, 5.74) is 7.10. The summed E-state index contributed by atoms with van der Waals surface area (Å²) in [4.78, 5) is 0. The zero-order valence-corrected chi connectivity index (χ0v) is 25.7. The highest BCUT2D eigenvalue weighted by Gasteiger charge is 2.19. The predicted molar refractivity (Wildman–Crippen MR) is 204 cm³/mol. The van der Waals surface area contributed by atoms with Crippen molar-refractivity contribution >= 4 is 65.0 Å². The highest BCUT2D eigenvalue weighted by Crippen LogP contribution is 2.44. The summed E-state index contributed by atoms with van der Waals surface area (Å²) in [6, 6.07) is 41.3. The van der Waals surface area contributed by atoms with Crippen molar-refractivity contribution in [2.75, 3.05) is 0 Å². The van der Waals surface area contributed by atoms with Crippen LogP contribution in [0.2, 0.25) is 0 Å². The summed E-state index contributed by atoms with van der Waals surface area (Å²) in [6.45, 7) is 0. The highest BCUT2D eigenvalue weighted by atomic mass is 16.3. The van der Waals surface area contributed by atoms with Gasteiger partial charge in [-0.2, -0.15) is 0 Å². The van der Waals surface area contributed by atoms with E-state index in [9.17, 15) is 1.37 Å². The molecular formula is C47H30O. The fraction of sp³-hybridized carbons (Fsp3) is 0.0213. The van der Waals surface area contributed by atoms with Crippen LogP contribution in [0, 0.1) is 0 Å². The van der Waals surface area contributed by atoms with Crippen LogP contribution in [0.25, 0.3) is 87.3 Å². The van der Waals surface area contributed by atoms with Gasteiger partial charge in [-0.1, -0.05) is 151 Å². The van der Waals surface area contributed by atoms with Gasteiger partial charge in [0.25, 0.3) is 0 Å². The van der Waals surface area contributed by atoms with E-state index in [0.717, 1.165) is 82.1 Å². The molecule has 1 heteroatoms. The first-order valence-electron chi connectivity index (χ1n) is 19.6. The summed E-state index contributed by atoms with van der Waals surface area (Å²) >= 11 is 0. The molecule has 224 valence electrons. The summed E-state index contributed by atoms with van der Waals surface area (Å²) in [5, 5.41) is 7.95. The molecule has 0 unspecified atom stereocenters. The van der Waals surface area contributed by atoms with Crippen LogP contribution in [-0.2, 0) is 6.42 Å². The van der Waals surface area contributed by atoms with Crippen LogP contribution in [0.3, 0.4) is 0 Å². The Hall–Kier alpha value is -6.18. The molecular weight excluding hydrogens is 581 g/mol. The molecule has 10 aromatic rings. The van der Waals surface area contributed by atoms with Crippen molar-refractivity contribution in [2.24, 2.45) is 0 Å². The Morgan fingerprint density at radius 1 is 0.479 bits per heavy atom. The molecule has 0 aliphatic rings. The number of furan rings is 1. The zero-order chi connectivity index (χ0) is 37.7. The molecule has 0 saturated heterocycles. The van der Waals surface area contributed by atoms with Gasteiger partial charge in [0, 0.05) is 16.2 Å². The van der Waals surface area contributed by atoms with Crippen LogP contribution in [-0.4, -0.2) is 0 Å². The summed E-state index contributed by atoms with van der Waals surface area (Å²) < 4.78 is 67.2. The molecule has 0 bridgehead atoms. The van der Waals surface area contributed by atoms with E-state index in [4.69, 9.17) is 12.6 Å². The molecule has 0 radical (unpaired) electrons. The second-order valence-corrected chi connectivity index (χ2v) is 12.3. The monoisotopic (exact) mass is 617 g/mol. The Bertz CT molecular complexity index is 3200. The summed E-state index contributed by atoms with van der Waals surface area (Å²) in [6.07, 6.45) is 0.129. The first kappa shape index (κ1) is 20.8. The standard InChI is InChI=1S/C47H30O/c1-2-13-32(14-3-1)41-29-44-43-28-34(24-25-45(43)48-47(44)40-21-11-8-18-37(40)41)46-38-19-9-6-16-35(38)42(36-17-7-10-20-39(36)46)27-30-22-23-31-12-4-5-15-33(31)26-30/h1-26,28-29H,27H2/i4D,5D,12D,15D,22D,23D,26D. The number of hydrogen-bond donors (Lipinski definition) is 0. The van der Waals surface area contributed by atoms with Gasteiger partial charge in [0.05, 0.1) is 9.60 Å². The maximum atomic E-state index is 9.21. The molecule has 0 aliphatic carbocycles. The lowest BCUT2D eigenvalue weighted by molar-refractivity contribution is 0.673. The maximum Gasteiger partial charge on any atom is 0.143 e. The predicted octanol–water partition coefficient (Wildman–Crippen LogP) is 13.1. The Balaban J connectivity index is 1.22. The molecule has 0 N–H and O–H groups in total. The third kappa shape index (κ3) is 4.18. The van der Waals surface area contributed by atoms with Crippen LogP contribution in [0.1, 0.15) is 20.7 Å². The Labute approximate surface area is 288 Å². The van der Waals surface area contributed by atoms with E-state index in [-0.39, 0.29) is 46.9 Å². The number of hydrogen-bond acceptors (Lipinski definition) is 1. The van der Waals surface area contributed by atoms with Gasteiger partial charge in [0.2, 0.25) is 0 Å². The maximum absolute atomic E-state index is 9.21. The van der Waals surface area contributed by atoms with E-state index in [2.05, 4.69) is 72.8 Å². The van der Waals surface area contributed by atoms with Crippen LogP contribution >= 0.6 is 0 Å². The average Bonchev–Trinajstić information content (AvgIpc) is 3.60. The Morgan fingerprint density at radius 2 is 1.12 bits per heavy atom. The van der Waals surface area contributed by atoms with Crippen LogP contribution in [0.5, 0.6) is 0 Å². The Morgan fingerprint density at radius 3 is 1.88 bits per heavy atom. The normalized spacial score (nSPS) is 13.9. The molecule has 0 aliphatic heterocycles. The van der Waals surface area contributed by atoms with Crippen molar-refractivity contribution in [1.82, 2.24) is 0 Å². The second-order valence-electron chi connectivity index (χ2n) is 12.3. The van der Waals surface area contributed by atoms with Crippen molar-refractivity contribution in [1.29, 1.82) is 0 Å². The van der Waals surface area contributed by atoms with Gasteiger partial charge >= 0.3 is 0 Å². The van der Waals surface area contributed by atoms with E-state index < -0.39 is 18.1 Å². The summed E-state index contributed by atoms with van der Waals surface area (Å²) in [7, 11) is 0. The van der Waals surface area contributed by atoms with Gasteiger partial charge in [0.15, 0.2) is 0 Å². The largest absolute Gasteiger partial charge is 0.455 e. The number of fused-ring (bicyclic) bond motifs is 8. The van der Waals surface area contributed by atoms with Crippen molar-refractivity contribution in [3.63, 3.8) is 0 Å². The minimum Gasteiger partial charge on any atom is -0.455 e. The molecule has 0 amide bonds. The van der Waals surface area contributed by atoms with Crippen LogP contribution in [0.15, 0.2) is 174 Å². The van der Waals surface area contributed by atoms with E-state index in [0.29, 0.717) is 0 Å². The van der Waals surface area contributed by atoms with Gasteiger partial charge in [-0.25, -0.2) is 0 Å². The topological polar surface area (TPSA) is 13.1 Å². The van der Waals surface area contributed by atoms with Crippen LogP contribution < -0.4 is 0 Å². The lowest BCUT2D eigenvalue weighted by atomic mass is 9.86. The number of benzene rings is 9. The van der Waals surface area contributed by atoms with Gasteiger partial charge in [0.1, 0.15) is 11.2 Å². The van der Waals surface area contributed by atoms with E-state index >= 15 is 0 Å².